The zero-order chi connectivity index (χ0) is 22.2. The van der Waals surface area contributed by atoms with E-state index in [1.807, 2.05) is 0 Å². The third kappa shape index (κ3) is 36.5. The van der Waals surface area contributed by atoms with Crippen LogP contribution in [0.25, 0.3) is 0 Å². The van der Waals surface area contributed by atoms with E-state index in [1.54, 1.807) is 27.7 Å². The highest BCUT2D eigenvalue weighted by Gasteiger charge is 2.05. The van der Waals surface area contributed by atoms with Crippen LogP contribution in [0.3, 0.4) is 0 Å². The van der Waals surface area contributed by atoms with E-state index in [1.165, 1.54) is 0 Å². The summed E-state index contributed by atoms with van der Waals surface area (Å²) in [5.41, 5.74) is 0. The summed E-state index contributed by atoms with van der Waals surface area (Å²) in [6.07, 6.45) is -1.50. The third-order valence-electron chi connectivity index (χ3n) is 2.57. The molecule has 0 spiro atoms. The number of hydrogen-bond acceptors (Lipinski definition) is 10. The summed E-state index contributed by atoms with van der Waals surface area (Å²) >= 11 is 0. The molecule has 0 radical (unpaired) electrons. The fourth-order valence-corrected chi connectivity index (χ4v) is 1.23. The van der Waals surface area contributed by atoms with E-state index in [4.69, 9.17) is 44.8 Å². The first kappa shape index (κ1) is 32.3. The van der Waals surface area contributed by atoms with Gasteiger partial charge in [0.1, 0.15) is 0 Å². The van der Waals surface area contributed by atoms with Crippen LogP contribution >= 0.6 is 0 Å². The second kappa shape index (κ2) is 26.6. The summed E-state index contributed by atoms with van der Waals surface area (Å²) in [5, 5.41) is 51.4. The summed E-state index contributed by atoms with van der Waals surface area (Å²) < 4.78 is 19.3. The molecule has 10 heteroatoms. The molecule has 0 aromatic rings. The van der Waals surface area contributed by atoms with Gasteiger partial charge in [-0.15, -0.1) is 0 Å². The van der Waals surface area contributed by atoms with Crippen molar-refractivity contribution in [2.24, 2.45) is 0 Å². The van der Waals surface area contributed by atoms with Gasteiger partial charge in [0.05, 0.1) is 65.1 Å². The maximum atomic E-state index is 8.78. The predicted octanol–water partition coefficient (Wildman–Crippen LogP) is -0.771. The Kier molecular flexibility index (Phi) is 30.7. The highest BCUT2D eigenvalue weighted by molar-refractivity contribution is 4.45. The van der Waals surface area contributed by atoms with Crippen molar-refractivity contribution in [1.29, 1.82) is 0 Å². The summed E-state index contributed by atoms with van der Waals surface area (Å²) in [6.45, 7) is 9.17. The minimum absolute atomic E-state index is 0.0417. The van der Waals surface area contributed by atoms with Crippen LogP contribution in [0.5, 0.6) is 0 Å². The number of ether oxygens (including phenoxy) is 4. The fraction of sp³-hybridized carbons (Fsp3) is 1.00. The normalized spacial score (nSPS) is 14.8. The molecule has 0 amide bonds. The van der Waals surface area contributed by atoms with Gasteiger partial charge >= 0.3 is 0 Å². The molecule has 174 valence electrons. The highest BCUT2D eigenvalue weighted by atomic mass is 16.7. The number of aliphatic hydroxyl groups is 6. The molecular formula is C18H42O10. The maximum Gasteiger partial charge on any atom is 0.157 e. The predicted molar refractivity (Wildman–Crippen MR) is 104 cm³/mol. The molecule has 0 aliphatic rings. The Labute approximate surface area is 168 Å². The summed E-state index contributed by atoms with van der Waals surface area (Å²) in [4.78, 5) is 0. The van der Waals surface area contributed by atoms with E-state index in [-0.39, 0.29) is 13.2 Å². The SMILES string of the molecule is CC(O)COCC(C)O.CCC(O)OC(O)CC.OCCOCCOCCO. The lowest BCUT2D eigenvalue weighted by Gasteiger charge is -2.13. The van der Waals surface area contributed by atoms with Gasteiger partial charge in [-0.3, -0.25) is 0 Å². The molecule has 0 aromatic heterocycles. The molecule has 6 N–H and O–H groups in total. The summed E-state index contributed by atoms with van der Waals surface area (Å²) in [5.74, 6) is 0. The lowest BCUT2D eigenvalue weighted by molar-refractivity contribution is -0.208. The molecule has 4 atom stereocenters. The first-order valence-corrected chi connectivity index (χ1v) is 9.57. The van der Waals surface area contributed by atoms with Gasteiger partial charge in [-0.05, 0) is 26.7 Å². The largest absolute Gasteiger partial charge is 0.394 e. The smallest absolute Gasteiger partial charge is 0.157 e. The molecule has 0 bridgehead atoms. The Hall–Kier alpha value is -0.400. The number of aliphatic hydroxyl groups excluding tert-OH is 6. The van der Waals surface area contributed by atoms with Gasteiger partial charge in [0.25, 0.3) is 0 Å². The van der Waals surface area contributed by atoms with Crippen molar-refractivity contribution in [3.05, 3.63) is 0 Å². The molecule has 28 heavy (non-hydrogen) atoms. The van der Waals surface area contributed by atoms with Crippen LogP contribution in [0.15, 0.2) is 0 Å². The van der Waals surface area contributed by atoms with E-state index < -0.39 is 24.8 Å². The van der Waals surface area contributed by atoms with Crippen LogP contribution in [0, 0.1) is 0 Å². The van der Waals surface area contributed by atoms with Crippen molar-refractivity contribution in [2.75, 3.05) is 52.9 Å². The first-order valence-electron chi connectivity index (χ1n) is 9.57. The van der Waals surface area contributed by atoms with Gasteiger partial charge in [-0.1, -0.05) is 13.8 Å². The van der Waals surface area contributed by atoms with Crippen molar-refractivity contribution in [3.63, 3.8) is 0 Å². The van der Waals surface area contributed by atoms with Crippen LogP contribution in [0.4, 0.5) is 0 Å². The molecule has 10 nitrogen and oxygen atoms in total. The monoisotopic (exact) mass is 418 g/mol. The second-order valence-electron chi connectivity index (χ2n) is 5.77. The summed E-state index contributed by atoms with van der Waals surface area (Å²) in [6, 6.07) is 0. The number of hydrogen-bond donors (Lipinski definition) is 6. The summed E-state index contributed by atoms with van der Waals surface area (Å²) in [7, 11) is 0. The Balaban J connectivity index is -0.000000336. The van der Waals surface area contributed by atoms with E-state index in [2.05, 4.69) is 4.74 Å². The molecule has 0 aromatic carbocycles. The minimum Gasteiger partial charge on any atom is -0.394 e. The van der Waals surface area contributed by atoms with Gasteiger partial charge in [-0.2, -0.15) is 0 Å². The van der Waals surface area contributed by atoms with Crippen molar-refractivity contribution in [2.45, 2.75) is 65.3 Å². The molecule has 0 heterocycles. The van der Waals surface area contributed by atoms with Gasteiger partial charge in [0, 0.05) is 0 Å². The molecule has 0 saturated heterocycles. The van der Waals surface area contributed by atoms with E-state index in [0.29, 0.717) is 52.5 Å². The maximum absolute atomic E-state index is 8.78. The lowest BCUT2D eigenvalue weighted by Crippen LogP contribution is -2.19. The van der Waals surface area contributed by atoms with Crippen molar-refractivity contribution in [3.8, 4) is 0 Å². The number of rotatable bonds is 15. The Bertz CT molecular complexity index is 243. The van der Waals surface area contributed by atoms with Crippen molar-refractivity contribution in [1.82, 2.24) is 0 Å². The highest BCUT2D eigenvalue weighted by Crippen LogP contribution is 1.99. The molecule has 0 fully saturated rings. The first-order chi connectivity index (χ1) is 13.2. The topological polar surface area (TPSA) is 158 Å². The molecule has 0 aliphatic carbocycles. The fourth-order valence-electron chi connectivity index (χ4n) is 1.23. The molecule has 0 aliphatic heterocycles. The Morgan fingerprint density at radius 2 is 0.964 bits per heavy atom. The third-order valence-corrected chi connectivity index (χ3v) is 2.57. The zero-order valence-corrected chi connectivity index (χ0v) is 17.7. The molecular weight excluding hydrogens is 376 g/mol. The Morgan fingerprint density at radius 3 is 1.21 bits per heavy atom. The standard InChI is InChI=1S/C6H14O4.2C6H14O3/c7-1-3-9-5-6-10-4-2-8;1-5(7)3-9-4-6(2)8;1-3-5(7)9-6(8)4-2/h7-8H,1-6H2;2*5-8H,3-4H2,1-2H3. The van der Waals surface area contributed by atoms with E-state index in [0.717, 1.165) is 0 Å². The van der Waals surface area contributed by atoms with Crippen LogP contribution < -0.4 is 0 Å². The van der Waals surface area contributed by atoms with Gasteiger partial charge in [-0.25, -0.2) is 0 Å². The Morgan fingerprint density at radius 1 is 0.607 bits per heavy atom. The second-order valence-corrected chi connectivity index (χ2v) is 5.77. The molecule has 4 unspecified atom stereocenters. The van der Waals surface area contributed by atoms with Gasteiger partial charge in [0.15, 0.2) is 12.6 Å². The minimum atomic E-state index is -0.819. The average molecular weight is 419 g/mol. The van der Waals surface area contributed by atoms with Crippen molar-refractivity contribution < 1.29 is 49.6 Å². The molecule has 0 rings (SSSR count). The average Bonchev–Trinajstić information content (AvgIpc) is 2.64. The van der Waals surface area contributed by atoms with E-state index >= 15 is 0 Å². The van der Waals surface area contributed by atoms with Crippen LogP contribution in [0.1, 0.15) is 40.5 Å². The van der Waals surface area contributed by atoms with Gasteiger partial charge in [0.2, 0.25) is 0 Å². The van der Waals surface area contributed by atoms with Crippen LogP contribution in [0.2, 0.25) is 0 Å². The van der Waals surface area contributed by atoms with E-state index in [9.17, 15) is 0 Å². The lowest BCUT2D eigenvalue weighted by atomic mass is 10.4. The van der Waals surface area contributed by atoms with Gasteiger partial charge < -0.3 is 49.6 Å². The van der Waals surface area contributed by atoms with Crippen LogP contribution in [-0.2, 0) is 18.9 Å². The molecule has 0 saturated carbocycles. The zero-order valence-electron chi connectivity index (χ0n) is 17.7. The van der Waals surface area contributed by atoms with Crippen molar-refractivity contribution >= 4 is 0 Å². The quantitative estimate of drug-likeness (QED) is 0.147. The van der Waals surface area contributed by atoms with Crippen LogP contribution in [-0.4, -0.2) is 108 Å².